The monoisotopic (exact) mass is 322 g/mol. The van der Waals surface area contributed by atoms with E-state index >= 15 is 0 Å². The van der Waals surface area contributed by atoms with E-state index < -0.39 is 6.10 Å². The highest BCUT2D eigenvalue weighted by molar-refractivity contribution is 5.94. The number of benzene rings is 1. The van der Waals surface area contributed by atoms with Crippen LogP contribution >= 0.6 is 0 Å². The Labute approximate surface area is 139 Å². The van der Waals surface area contributed by atoms with Gasteiger partial charge in [0.2, 0.25) is 0 Å². The van der Waals surface area contributed by atoms with Gasteiger partial charge in [-0.05, 0) is 43.0 Å². The molecule has 2 aliphatic rings. The second-order valence-corrected chi connectivity index (χ2v) is 6.63. The Hall–Kier alpha value is -2.65. The largest absolute Gasteiger partial charge is 0.391 e. The van der Waals surface area contributed by atoms with E-state index in [0.29, 0.717) is 12.0 Å². The maximum atomic E-state index is 12.4. The molecule has 3 atom stereocenters. The number of nitriles is 1. The fourth-order valence-electron chi connectivity index (χ4n) is 3.36. The summed E-state index contributed by atoms with van der Waals surface area (Å²) in [5.41, 5.74) is 1.21. The quantitative estimate of drug-likeness (QED) is 0.893. The first-order chi connectivity index (χ1) is 11.6. The molecule has 4 rings (SSSR count). The van der Waals surface area contributed by atoms with Crippen molar-refractivity contribution in [2.75, 3.05) is 0 Å². The van der Waals surface area contributed by atoms with Crippen LogP contribution in [0, 0.1) is 11.3 Å². The normalized spacial score (nSPS) is 26.9. The van der Waals surface area contributed by atoms with Crippen molar-refractivity contribution in [1.29, 1.82) is 5.26 Å². The van der Waals surface area contributed by atoms with Gasteiger partial charge in [0.15, 0.2) is 0 Å². The van der Waals surface area contributed by atoms with Gasteiger partial charge in [-0.3, -0.25) is 9.48 Å². The molecule has 0 radical (unpaired) electrons. The fourth-order valence-corrected chi connectivity index (χ4v) is 3.36. The Bertz CT molecular complexity index is 787. The maximum Gasteiger partial charge on any atom is 0.251 e. The average molecular weight is 322 g/mol. The number of amides is 1. The predicted molar refractivity (Wildman–Crippen MR) is 86.1 cm³/mol. The number of carbonyl (C=O) groups is 1. The van der Waals surface area contributed by atoms with E-state index in [-0.39, 0.29) is 23.4 Å². The Morgan fingerprint density at radius 3 is 2.67 bits per heavy atom. The van der Waals surface area contributed by atoms with Gasteiger partial charge in [0.05, 0.1) is 29.7 Å². The fraction of sp³-hybridized carbons (Fsp3) is 0.389. The zero-order valence-electron chi connectivity index (χ0n) is 13.1. The highest BCUT2D eigenvalue weighted by atomic mass is 16.3. The van der Waals surface area contributed by atoms with E-state index in [1.54, 1.807) is 35.3 Å². The molecule has 1 heterocycles. The Morgan fingerprint density at radius 1 is 1.38 bits per heavy atom. The minimum absolute atomic E-state index is 0.138. The molecule has 0 saturated heterocycles. The molecule has 2 saturated carbocycles. The van der Waals surface area contributed by atoms with Crippen LogP contribution in [0.25, 0.3) is 0 Å². The van der Waals surface area contributed by atoms with Crippen LogP contribution in [-0.4, -0.2) is 32.9 Å². The van der Waals surface area contributed by atoms with E-state index in [9.17, 15) is 15.2 Å². The Morgan fingerprint density at radius 2 is 2.12 bits per heavy atom. The molecule has 2 aliphatic carbocycles. The molecule has 6 heteroatoms. The number of nitrogens with one attached hydrogen (secondary N) is 1. The summed E-state index contributed by atoms with van der Waals surface area (Å²) in [5, 5.41) is 26.3. The molecule has 6 nitrogen and oxygen atoms in total. The first-order valence-corrected chi connectivity index (χ1v) is 8.13. The lowest BCUT2D eigenvalue weighted by atomic mass is 9.83. The van der Waals surface area contributed by atoms with Gasteiger partial charge in [-0.25, -0.2) is 0 Å². The van der Waals surface area contributed by atoms with Crippen LogP contribution in [0.5, 0.6) is 0 Å². The third kappa shape index (κ3) is 2.38. The first kappa shape index (κ1) is 14.9. The summed E-state index contributed by atoms with van der Waals surface area (Å²) in [6, 6.07) is 11.1. The van der Waals surface area contributed by atoms with Crippen LogP contribution in [0.4, 0.5) is 0 Å². The van der Waals surface area contributed by atoms with E-state index in [1.807, 2.05) is 12.1 Å². The molecule has 0 spiro atoms. The van der Waals surface area contributed by atoms with E-state index in [1.165, 1.54) is 0 Å². The molecule has 122 valence electrons. The highest BCUT2D eigenvalue weighted by Crippen LogP contribution is 2.47. The zero-order valence-corrected chi connectivity index (χ0v) is 13.1. The zero-order chi connectivity index (χ0) is 16.7. The number of aromatic nitrogens is 2. The van der Waals surface area contributed by atoms with Gasteiger partial charge in [0.25, 0.3) is 5.91 Å². The van der Waals surface area contributed by atoms with Crippen molar-refractivity contribution in [2.45, 2.75) is 42.9 Å². The lowest BCUT2D eigenvalue weighted by Crippen LogP contribution is -2.56. The maximum absolute atomic E-state index is 12.4. The van der Waals surface area contributed by atoms with Crippen LogP contribution in [0.15, 0.2) is 42.7 Å². The Kier molecular flexibility index (Phi) is 3.39. The number of hydrogen-bond donors (Lipinski definition) is 2. The van der Waals surface area contributed by atoms with Crippen LogP contribution < -0.4 is 5.32 Å². The molecule has 1 amide bonds. The lowest BCUT2D eigenvalue weighted by Gasteiger charge is -2.41. The van der Waals surface area contributed by atoms with Crippen LogP contribution in [0.1, 0.15) is 41.2 Å². The molecule has 1 aromatic heterocycles. The summed E-state index contributed by atoms with van der Waals surface area (Å²) in [4.78, 5) is 12.4. The smallest absolute Gasteiger partial charge is 0.251 e. The Balaban J connectivity index is 1.44. The summed E-state index contributed by atoms with van der Waals surface area (Å²) < 4.78 is 1.69. The van der Waals surface area contributed by atoms with Crippen LogP contribution in [0.2, 0.25) is 0 Å². The number of nitrogens with zero attached hydrogens (tertiary/aromatic N) is 3. The van der Waals surface area contributed by atoms with E-state index in [2.05, 4.69) is 16.5 Å². The van der Waals surface area contributed by atoms with Crippen molar-refractivity contribution in [3.05, 3.63) is 53.9 Å². The molecular formula is C18H18N4O2. The van der Waals surface area contributed by atoms with Crippen LogP contribution in [-0.2, 0) is 5.41 Å². The minimum Gasteiger partial charge on any atom is -0.391 e. The topological polar surface area (TPSA) is 90.9 Å². The summed E-state index contributed by atoms with van der Waals surface area (Å²) in [5.74, 6) is -0.169. The second kappa shape index (κ2) is 5.46. The summed E-state index contributed by atoms with van der Waals surface area (Å²) in [6.07, 6.45) is 5.25. The molecule has 0 unspecified atom stereocenters. The predicted octanol–water partition coefficient (Wildman–Crippen LogP) is 1.54. The standard InChI is InChI=1S/C18H18N4O2/c19-11-18(6-7-18)13-4-2-12(3-5-13)17(24)21-14-10-15(23)16(14)22-9-1-8-20-22/h1-5,8-9,14-16,23H,6-7,10H2,(H,21,24)/t14-,15+,16+/m0/s1. The second-order valence-electron chi connectivity index (χ2n) is 6.63. The highest BCUT2D eigenvalue weighted by Gasteiger charge is 2.45. The number of carbonyl (C=O) groups excluding carboxylic acids is 1. The van der Waals surface area contributed by atoms with Gasteiger partial charge >= 0.3 is 0 Å². The molecule has 2 fully saturated rings. The van der Waals surface area contributed by atoms with Crippen LogP contribution in [0.3, 0.4) is 0 Å². The molecule has 2 N–H and O–H groups in total. The van der Waals surface area contributed by atoms with Crippen molar-refractivity contribution >= 4 is 5.91 Å². The van der Waals surface area contributed by atoms with E-state index in [0.717, 1.165) is 18.4 Å². The van der Waals surface area contributed by atoms with Crippen molar-refractivity contribution < 1.29 is 9.90 Å². The number of rotatable bonds is 4. The van der Waals surface area contributed by atoms with Gasteiger partial charge in [-0.15, -0.1) is 0 Å². The molecule has 0 bridgehead atoms. The van der Waals surface area contributed by atoms with Crippen molar-refractivity contribution in [3.63, 3.8) is 0 Å². The van der Waals surface area contributed by atoms with Gasteiger partial charge in [0, 0.05) is 18.0 Å². The number of hydrogen-bond acceptors (Lipinski definition) is 4. The van der Waals surface area contributed by atoms with Gasteiger partial charge < -0.3 is 10.4 Å². The third-order valence-corrected chi connectivity index (χ3v) is 5.11. The molecular weight excluding hydrogens is 304 g/mol. The lowest BCUT2D eigenvalue weighted by molar-refractivity contribution is -0.00588. The van der Waals surface area contributed by atoms with Crippen molar-refractivity contribution in [2.24, 2.45) is 0 Å². The summed E-state index contributed by atoms with van der Waals surface area (Å²) >= 11 is 0. The third-order valence-electron chi connectivity index (χ3n) is 5.11. The summed E-state index contributed by atoms with van der Waals surface area (Å²) in [6.45, 7) is 0. The average Bonchev–Trinajstić information content (AvgIpc) is 3.23. The summed E-state index contributed by atoms with van der Waals surface area (Å²) in [7, 11) is 0. The van der Waals surface area contributed by atoms with Gasteiger partial charge in [-0.2, -0.15) is 10.4 Å². The van der Waals surface area contributed by atoms with Gasteiger partial charge in [-0.1, -0.05) is 12.1 Å². The molecule has 24 heavy (non-hydrogen) atoms. The molecule has 1 aromatic carbocycles. The first-order valence-electron chi connectivity index (χ1n) is 8.13. The minimum atomic E-state index is -0.497. The SMILES string of the molecule is N#CC1(c2ccc(C(=O)N[C@H]3C[C@@H](O)[C@@H]3n3cccn3)cc2)CC1. The number of aliphatic hydroxyl groups is 1. The molecule has 0 aliphatic heterocycles. The van der Waals surface area contributed by atoms with Crippen molar-refractivity contribution in [1.82, 2.24) is 15.1 Å². The number of aliphatic hydroxyl groups excluding tert-OH is 1. The van der Waals surface area contributed by atoms with Crippen molar-refractivity contribution in [3.8, 4) is 6.07 Å². The molecule has 2 aromatic rings. The van der Waals surface area contributed by atoms with Gasteiger partial charge in [0.1, 0.15) is 0 Å². The van der Waals surface area contributed by atoms with E-state index in [4.69, 9.17) is 0 Å².